The Balaban J connectivity index is 1.75. The number of benzene rings is 2. The van der Waals surface area contributed by atoms with Gasteiger partial charge in [-0.1, -0.05) is 31.5 Å². The Morgan fingerprint density at radius 2 is 2.00 bits per heavy atom. The van der Waals surface area contributed by atoms with Crippen molar-refractivity contribution in [1.29, 1.82) is 0 Å². The van der Waals surface area contributed by atoms with Gasteiger partial charge in [0, 0.05) is 25.4 Å². The molecular formula is C25H28FN3O2. The van der Waals surface area contributed by atoms with Crippen molar-refractivity contribution >= 4 is 12.0 Å². The van der Waals surface area contributed by atoms with Gasteiger partial charge in [0.2, 0.25) is 5.91 Å². The van der Waals surface area contributed by atoms with Crippen molar-refractivity contribution in [2.45, 2.75) is 33.2 Å². The second-order valence-electron chi connectivity index (χ2n) is 7.43. The van der Waals surface area contributed by atoms with E-state index in [0.29, 0.717) is 18.8 Å². The van der Waals surface area contributed by atoms with Crippen LogP contribution in [0, 0.1) is 12.7 Å². The number of unbranched alkanes of at least 4 members (excludes halogenated alkanes) is 1. The number of rotatable bonds is 9. The number of aromatic nitrogens is 2. The smallest absolute Gasteiger partial charge is 0.246 e. The molecule has 0 fully saturated rings. The van der Waals surface area contributed by atoms with E-state index < -0.39 is 0 Å². The average molecular weight is 422 g/mol. The molecule has 1 amide bonds. The monoisotopic (exact) mass is 421 g/mol. The summed E-state index contributed by atoms with van der Waals surface area (Å²) >= 11 is 0. The summed E-state index contributed by atoms with van der Waals surface area (Å²) < 4.78 is 20.6. The zero-order valence-electron chi connectivity index (χ0n) is 18.2. The third kappa shape index (κ3) is 6.04. The number of imidazole rings is 1. The number of hydrogen-bond donors (Lipinski definition) is 0. The first kappa shape index (κ1) is 22.3. The number of nitrogens with zero attached hydrogens (tertiary/aromatic N) is 3. The van der Waals surface area contributed by atoms with Crippen LogP contribution in [0.4, 0.5) is 4.39 Å². The number of halogens is 1. The van der Waals surface area contributed by atoms with E-state index in [4.69, 9.17) is 4.74 Å². The van der Waals surface area contributed by atoms with Gasteiger partial charge in [0.1, 0.15) is 11.6 Å². The van der Waals surface area contributed by atoms with Crippen LogP contribution in [0.3, 0.4) is 0 Å². The van der Waals surface area contributed by atoms with Gasteiger partial charge in [-0.15, -0.1) is 0 Å². The van der Waals surface area contributed by atoms with Gasteiger partial charge in [-0.3, -0.25) is 4.79 Å². The van der Waals surface area contributed by atoms with Crippen LogP contribution in [-0.2, 0) is 11.3 Å². The lowest BCUT2D eigenvalue weighted by atomic mass is 10.1. The second kappa shape index (κ2) is 10.6. The van der Waals surface area contributed by atoms with Crippen LogP contribution in [-0.4, -0.2) is 34.0 Å². The normalized spacial score (nSPS) is 11.1. The molecule has 0 radical (unpaired) electrons. The Morgan fingerprint density at radius 1 is 1.23 bits per heavy atom. The Bertz CT molecular complexity index is 1040. The number of amides is 1. The maximum atomic E-state index is 13.2. The molecule has 0 N–H and O–H groups in total. The lowest BCUT2D eigenvalue weighted by Gasteiger charge is -2.21. The van der Waals surface area contributed by atoms with Gasteiger partial charge in [-0.25, -0.2) is 9.37 Å². The number of carbonyl (C=O) groups is 1. The number of methoxy groups -OCH3 is 1. The van der Waals surface area contributed by atoms with Crippen molar-refractivity contribution in [3.05, 3.63) is 83.7 Å². The highest BCUT2D eigenvalue weighted by molar-refractivity contribution is 5.91. The Labute approximate surface area is 182 Å². The molecule has 31 heavy (non-hydrogen) atoms. The summed E-state index contributed by atoms with van der Waals surface area (Å²) in [5, 5.41) is 0. The zero-order chi connectivity index (χ0) is 22.2. The summed E-state index contributed by atoms with van der Waals surface area (Å²) in [6, 6.07) is 12.0. The van der Waals surface area contributed by atoms with E-state index in [1.54, 1.807) is 42.6 Å². The average Bonchev–Trinajstić information content (AvgIpc) is 3.22. The summed E-state index contributed by atoms with van der Waals surface area (Å²) in [7, 11) is 1.62. The molecule has 6 heteroatoms. The van der Waals surface area contributed by atoms with Crippen molar-refractivity contribution in [2.24, 2.45) is 0 Å². The fourth-order valence-electron chi connectivity index (χ4n) is 3.26. The van der Waals surface area contributed by atoms with Gasteiger partial charge in [0.25, 0.3) is 0 Å². The van der Waals surface area contributed by atoms with Crippen LogP contribution in [0.5, 0.6) is 5.75 Å². The van der Waals surface area contributed by atoms with Crippen LogP contribution in [0.1, 0.15) is 36.6 Å². The Kier molecular flexibility index (Phi) is 7.60. The molecular weight excluding hydrogens is 393 g/mol. The molecule has 2 aromatic carbocycles. The van der Waals surface area contributed by atoms with Gasteiger partial charge in [-0.05, 0) is 54.8 Å². The first-order valence-corrected chi connectivity index (χ1v) is 10.4. The molecule has 0 atom stereocenters. The van der Waals surface area contributed by atoms with E-state index in [1.165, 1.54) is 12.1 Å². The molecule has 0 aliphatic rings. The molecule has 1 heterocycles. The van der Waals surface area contributed by atoms with E-state index in [9.17, 15) is 9.18 Å². The minimum absolute atomic E-state index is 0.0777. The highest BCUT2D eigenvalue weighted by Crippen LogP contribution is 2.25. The topological polar surface area (TPSA) is 47.4 Å². The van der Waals surface area contributed by atoms with Crippen molar-refractivity contribution in [2.75, 3.05) is 13.7 Å². The maximum Gasteiger partial charge on any atom is 0.246 e. The zero-order valence-corrected chi connectivity index (χ0v) is 18.2. The first-order valence-electron chi connectivity index (χ1n) is 10.4. The van der Waals surface area contributed by atoms with Crippen LogP contribution in [0.15, 0.2) is 61.1 Å². The van der Waals surface area contributed by atoms with Gasteiger partial charge in [0.15, 0.2) is 0 Å². The molecule has 0 spiro atoms. The highest BCUT2D eigenvalue weighted by atomic mass is 19.1. The van der Waals surface area contributed by atoms with Gasteiger partial charge < -0.3 is 14.2 Å². The van der Waals surface area contributed by atoms with Gasteiger partial charge >= 0.3 is 0 Å². The molecule has 0 saturated heterocycles. The Hall–Kier alpha value is -3.41. The lowest BCUT2D eigenvalue weighted by Crippen LogP contribution is -2.30. The minimum Gasteiger partial charge on any atom is -0.495 e. The SMILES string of the molecule is CCCCN(Cc1ccc(F)cc1)C(=O)/C=C/c1ccc(-n2cnc(C)c2)c(OC)c1. The number of carbonyl (C=O) groups excluding carboxylic acids is 1. The lowest BCUT2D eigenvalue weighted by molar-refractivity contribution is -0.126. The minimum atomic E-state index is -0.279. The van der Waals surface area contributed by atoms with Crippen LogP contribution >= 0.6 is 0 Å². The molecule has 0 unspecified atom stereocenters. The molecule has 0 aliphatic heterocycles. The predicted octanol–water partition coefficient (Wildman–Crippen LogP) is 5.17. The van der Waals surface area contributed by atoms with Gasteiger partial charge in [-0.2, -0.15) is 0 Å². The van der Waals surface area contributed by atoms with Crippen LogP contribution in [0.2, 0.25) is 0 Å². The molecule has 5 nitrogen and oxygen atoms in total. The summed E-state index contributed by atoms with van der Waals surface area (Å²) in [5.74, 6) is 0.338. The molecule has 3 rings (SSSR count). The summed E-state index contributed by atoms with van der Waals surface area (Å²) in [6.45, 7) is 5.12. The van der Waals surface area contributed by atoms with Crippen molar-refractivity contribution in [3.63, 3.8) is 0 Å². The van der Waals surface area contributed by atoms with Crippen LogP contribution in [0.25, 0.3) is 11.8 Å². The molecule has 3 aromatic rings. The Morgan fingerprint density at radius 3 is 2.65 bits per heavy atom. The fraction of sp³-hybridized carbons (Fsp3) is 0.280. The second-order valence-corrected chi connectivity index (χ2v) is 7.43. The standard InChI is InChI=1S/C25H28FN3O2/c1-4-5-14-28(17-21-6-10-22(26)11-7-21)25(30)13-9-20-8-12-23(24(15-20)31-3)29-16-19(2)27-18-29/h6-13,15-16,18H,4-5,14,17H2,1-3H3/b13-9+. The van der Waals surface area contributed by atoms with Crippen molar-refractivity contribution in [1.82, 2.24) is 14.5 Å². The molecule has 0 saturated carbocycles. The quantitative estimate of drug-likeness (QED) is 0.448. The van der Waals surface area contributed by atoms with E-state index >= 15 is 0 Å². The molecule has 162 valence electrons. The van der Waals surface area contributed by atoms with Crippen LogP contribution < -0.4 is 4.74 Å². The van der Waals surface area contributed by atoms with E-state index in [2.05, 4.69) is 11.9 Å². The summed E-state index contributed by atoms with van der Waals surface area (Å²) in [5.41, 5.74) is 3.57. The van der Waals surface area contributed by atoms with Crippen molar-refractivity contribution < 1.29 is 13.9 Å². The van der Waals surface area contributed by atoms with E-state index in [-0.39, 0.29) is 11.7 Å². The number of aryl methyl sites for hydroxylation is 1. The highest BCUT2D eigenvalue weighted by Gasteiger charge is 2.12. The largest absolute Gasteiger partial charge is 0.495 e. The summed E-state index contributed by atoms with van der Waals surface area (Å²) in [4.78, 5) is 18.9. The molecule has 1 aromatic heterocycles. The van der Waals surface area contributed by atoms with Gasteiger partial charge in [0.05, 0.1) is 24.8 Å². The molecule has 0 aliphatic carbocycles. The summed E-state index contributed by atoms with van der Waals surface area (Å²) in [6.07, 6.45) is 8.94. The number of ether oxygens (including phenoxy) is 1. The first-order chi connectivity index (χ1) is 15.0. The van der Waals surface area contributed by atoms with E-state index in [1.807, 2.05) is 35.9 Å². The predicted molar refractivity (Wildman–Crippen MR) is 121 cm³/mol. The third-order valence-corrected chi connectivity index (χ3v) is 4.99. The maximum absolute atomic E-state index is 13.2. The molecule has 0 bridgehead atoms. The fourth-order valence-corrected chi connectivity index (χ4v) is 3.26. The van der Waals surface area contributed by atoms with Crippen molar-refractivity contribution in [3.8, 4) is 11.4 Å². The third-order valence-electron chi connectivity index (χ3n) is 4.99. The number of hydrogen-bond acceptors (Lipinski definition) is 3. The van der Waals surface area contributed by atoms with E-state index in [0.717, 1.165) is 35.3 Å².